The number of carbonyl (C=O) groups is 1. The van der Waals surface area contributed by atoms with Gasteiger partial charge in [0.1, 0.15) is 5.75 Å². The van der Waals surface area contributed by atoms with Crippen LogP contribution in [0.4, 0.5) is 0 Å². The molecule has 0 bridgehead atoms. The summed E-state index contributed by atoms with van der Waals surface area (Å²) in [7, 11) is 1.63. The van der Waals surface area contributed by atoms with E-state index in [1.807, 2.05) is 42.5 Å². The highest BCUT2D eigenvalue weighted by Crippen LogP contribution is 2.32. The standard InChI is InChI=1S/C19H21NO4/c1-22-16-7-4-15(5-8-16)12-19(21)20-10-2-3-14-6-9-17-18(11-14)24-13-23-17/h4-9,11H,2-3,10,12-13H2,1H3,(H,20,21). The first-order valence-electron chi connectivity index (χ1n) is 8.03. The molecular weight excluding hydrogens is 306 g/mol. The van der Waals surface area contributed by atoms with Crippen LogP contribution in [0.3, 0.4) is 0 Å². The van der Waals surface area contributed by atoms with Crippen LogP contribution in [0.25, 0.3) is 0 Å². The second-order valence-corrected chi connectivity index (χ2v) is 5.67. The number of hydrogen-bond donors (Lipinski definition) is 1. The van der Waals surface area contributed by atoms with Gasteiger partial charge in [-0.2, -0.15) is 0 Å². The van der Waals surface area contributed by atoms with E-state index in [2.05, 4.69) is 5.32 Å². The Morgan fingerprint density at radius 1 is 1.08 bits per heavy atom. The van der Waals surface area contributed by atoms with Gasteiger partial charge < -0.3 is 19.5 Å². The second-order valence-electron chi connectivity index (χ2n) is 5.67. The van der Waals surface area contributed by atoms with Gasteiger partial charge in [0.25, 0.3) is 0 Å². The zero-order valence-corrected chi connectivity index (χ0v) is 13.7. The minimum Gasteiger partial charge on any atom is -0.497 e. The predicted octanol–water partition coefficient (Wildman–Crippen LogP) is 2.72. The number of rotatable bonds is 7. The van der Waals surface area contributed by atoms with Crippen LogP contribution in [0.1, 0.15) is 17.5 Å². The molecule has 1 N–H and O–H groups in total. The summed E-state index contributed by atoms with van der Waals surface area (Å²) in [6.07, 6.45) is 2.15. The molecule has 5 nitrogen and oxygen atoms in total. The summed E-state index contributed by atoms with van der Waals surface area (Å²) in [5, 5.41) is 2.96. The monoisotopic (exact) mass is 327 g/mol. The number of amides is 1. The van der Waals surface area contributed by atoms with Gasteiger partial charge in [0.15, 0.2) is 11.5 Å². The molecule has 0 unspecified atom stereocenters. The normalized spacial score (nSPS) is 12.0. The molecule has 0 saturated heterocycles. The van der Waals surface area contributed by atoms with Gasteiger partial charge in [-0.3, -0.25) is 4.79 Å². The summed E-state index contributed by atoms with van der Waals surface area (Å²) in [4.78, 5) is 12.0. The third kappa shape index (κ3) is 4.19. The lowest BCUT2D eigenvalue weighted by Gasteiger charge is -2.07. The van der Waals surface area contributed by atoms with Crippen molar-refractivity contribution in [3.63, 3.8) is 0 Å². The Morgan fingerprint density at radius 2 is 1.83 bits per heavy atom. The fraction of sp³-hybridized carbons (Fsp3) is 0.316. The molecule has 3 rings (SSSR count). The Balaban J connectivity index is 1.38. The Hall–Kier alpha value is -2.69. The zero-order valence-electron chi connectivity index (χ0n) is 13.7. The van der Waals surface area contributed by atoms with Crippen LogP contribution in [0.5, 0.6) is 17.2 Å². The number of aryl methyl sites for hydroxylation is 1. The van der Waals surface area contributed by atoms with Gasteiger partial charge in [-0.15, -0.1) is 0 Å². The molecule has 2 aromatic rings. The average Bonchev–Trinajstić information content (AvgIpc) is 3.07. The smallest absolute Gasteiger partial charge is 0.231 e. The minimum absolute atomic E-state index is 0.0332. The fourth-order valence-corrected chi connectivity index (χ4v) is 2.61. The van der Waals surface area contributed by atoms with Crippen LogP contribution in [0, 0.1) is 0 Å². The SMILES string of the molecule is COc1ccc(CC(=O)NCCCc2ccc3c(c2)OCO3)cc1. The quantitative estimate of drug-likeness (QED) is 0.795. The summed E-state index contributed by atoms with van der Waals surface area (Å²) < 4.78 is 15.8. The van der Waals surface area contributed by atoms with Gasteiger partial charge in [0.05, 0.1) is 13.5 Å². The van der Waals surface area contributed by atoms with Crippen molar-refractivity contribution >= 4 is 5.91 Å². The van der Waals surface area contributed by atoms with Crippen LogP contribution in [-0.2, 0) is 17.6 Å². The fourth-order valence-electron chi connectivity index (χ4n) is 2.61. The average molecular weight is 327 g/mol. The summed E-state index contributed by atoms with van der Waals surface area (Å²) in [6.45, 7) is 0.948. The highest BCUT2D eigenvalue weighted by atomic mass is 16.7. The molecule has 1 heterocycles. The van der Waals surface area contributed by atoms with Crippen LogP contribution < -0.4 is 19.5 Å². The van der Waals surface area contributed by atoms with Crippen molar-refractivity contribution in [2.75, 3.05) is 20.4 Å². The van der Waals surface area contributed by atoms with Crippen LogP contribution >= 0.6 is 0 Å². The number of carbonyl (C=O) groups excluding carboxylic acids is 1. The third-order valence-electron chi connectivity index (χ3n) is 3.93. The number of benzene rings is 2. The Kier molecular flexibility index (Phi) is 5.21. The highest BCUT2D eigenvalue weighted by molar-refractivity contribution is 5.78. The minimum atomic E-state index is 0.0332. The van der Waals surface area contributed by atoms with Crippen molar-refractivity contribution in [1.29, 1.82) is 0 Å². The van der Waals surface area contributed by atoms with E-state index >= 15 is 0 Å². The molecule has 5 heteroatoms. The maximum atomic E-state index is 12.0. The first kappa shape index (κ1) is 16.2. The largest absolute Gasteiger partial charge is 0.497 e. The summed E-state index contributed by atoms with van der Waals surface area (Å²) in [5.74, 6) is 2.43. The number of fused-ring (bicyclic) bond motifs is 1. The molecule has 0 saturated carbocycles. The number of nitrogens with one attached hydrogen (secondary N) is 1. The van der Waals surface area contributed by atoms with Gasteiger partial charge in [0, 0.05) is 6.54 Å². The van der Waals surface area contributed by atoms with Gasteiger partial charge in [-0.1, -0.05) is 18.2 Å². The molecule has 1 aliphatic heterocycles. The van der Waals surface area contributed by atoms with Crippen molar-refractivity contribution in [1.82, 2.24) is 5.32 Å². The van der Waals surface area contributed by atoms with Gasteiger partial charge in [-0.05, 0) is 48.2 Å². The van der Waals surface area contributed by atoms with Gasteiger partial charge in [0.2, 0.25) is 12.7 Å². The molecule has 1 amide bonds. The molecule has 0 aromatic heterocycles. The summed E-state index contributed by atoms with van der Waals surface area (Å²) >= 11 is 0. The van der Waals surface area contributed by atoms with E-state index < -0.39 is 0 Å². The number of methoxy groups -OCH3 is 1. The van der Waals surface area contributed by atoms with Crippen LogP contribution in [0.15, 0.2) is 42.5 Å². The number of ether oxygens (including phenoxy) is 3. The van der Waals surface area contributed by atoms with Crippen molar-refractivity contribution < 1.29 is 19.0 Å². The maximum absolute atomic E-state index is 12.0. The van der Waals surface area contributed by atoms with Crippen molar-refractivity contribution in [2.24, 2.45) is 0 Å². The first-order valence-corrected chi connectivity index (χ1v) is 8.03. The Bertz CT molecular complexity index is 697. The van der Waals surface area contributed by atoms with E-state index in [4.69, 9.17) is 14.2 Å². The lowest BCUT2D eigenvalue weighted by Crippen LogP contribution is -2.26. The van der Waals surface area contributed by atoms with E-state index in [1.54, 1.807) is 7.11 Å². The molecule has 126 valence electrons. The third-order valence-corrected chi connectivity index (χ3v) is 3.93. The lowest BCUT2D eigenvalue weighted by atomic mass is 10.1. The molecule has 0 spiro atoms. The van der Waals surface area contributed by atoms with Crippen LogP contribution in [0.2, 0.25) is 0 Å². The van der Waals surface area contributed by atoms with Gasteiger partial charge in [-0.25, -0.2) is 0 Å². The lowest BCUT2D eigenvalue weighted by molar-refractivity contribution is -0.120. The highest BCUT2D eigenvalue weighted by Gasteiger charge is 2.12. The molecule has 0 fully saturated rings. The van der Waals surface area contributed by atoms with Crippen molar-refractivity contribution in [3.8, 4) is 17.2 Å². The first-order chi connectivity index (χ1) is 11.7. The van der Waals surface area contributed by atoms with E-state index in [-0.39, 0.29) is 5.91 Å². The summed E-state index contributed by atoms with van der Waals surface area (Å²) in [6, 6.07) is 13.5. The van der Waals surface area contributed by atoms with Crippen molar-refractivity contribution in [3.05, 3.63) is 53.6 Å². The topological polar surface area (TPSA) is 56.8 Å². The Labute approximate surface area is 141 Å². The van der Waals surface area contributed by atoms with Crippen LogP contribution in [-0.4, -0.2) is 26.4 Å². The molecule has 0 atom stereocenters. The molecule has 0 radical (unpaired) electrons. The van der Waals surface area contributed by atoms with E-state index in [9.17, 15) is 4.79 Å². The zero-order chi connectivity index (χ0) is 16.8. The molecule has 2 aromatic carbocycles. The molecule has 1 aliphatic rings. The second kappa shape index (κ2) is 7.73. The molecule has 24 heavy (non-hydrogen) atoms. The van der Waals surface area contributed by atoms with Crippen molar-refractivity contribution in [2.45, 2.75) is 19.3 Å². The number of hydrogen-bond acceptors (Lipinski definition) is 4. The van der Waals surface area contributed by atoms with E-state index in [1.165, 1.54) is 5.56 Å². The van der Waals surface area contributed by atoms with Gasteiger partial charge >= 0.3 is 0 Å². The Morgan fingerprint density at radius 3 is 2.62 bits per heavy atom. The maximum Gasteiger partial charge on any atom is 0.231 e. The summed E-state index contributed by atoms with van der Waals surface area (Å²) in [5.41, 5.74) is 2.16. The van der Waals surface area contributed by atoms with E-state index in [0.717, 1.165) is 35.7 Å². The molecule has 0 aliphatic carbocycles. The predicted molar refractivity (Wildman–Crippen MR) is 90.6 cm³/mol. The molecular formula is C19H21NO4. The van der Waals surface area contributed by atoms with E-state index in [0.29, 0.717) is 19.8 Å².